The molecule has 7 rings (SSSR count). The van der Waals surface area contributed by atoms with Crippen molar-refractivity contribution in [3.63, 3.8) is 0 Å². The van der Waals surface area contributed by atoms with E-state index in [4.69, 9.17) is 17.2 Å². The summed E-state index contributed by atoms with van der Waals surface area (Å²) in [7, 11) is 17.3. The van der Waals surface area contributed by atoms with Crippen LogP contribution >= 0.6 is 17.2 Å². The van der Waals surface area contributed by atoms with E-state index in [-0.39, 0.29) is 12.8 Å². The van der Waals surface area contributed by atoms with Crippen LogP contribution < -0.4 is 0 Å². The molecule has 5 aromatic rings. The number of rotatable bonds is 6. The zero-order valence-corrected chi connectivity index (χ0v) is 35.8. The van der Waals surface area contributed by atoms with Crippen LogP contribution in [0.2, 0.25) is 13.1 Å². The number of allylic oxidation sites excluding steroid dienone is 2. The molecule has 2 atom stereocenters. The van der Waals surface area contributed by atoms with Gasteiger partial charge in [-0.15, -0.1) is 0 Å². The minimum atomic E-state index is -5.00. The molecule has 0 fully saturated rings. The summed E-state index contributed by atoms with van der Waals surface area (Å²) in [5.74, 6) is -1.29. The fourth-order valence-electron chi connectivity index (χ4n) is 8.76. The number of hydrogen-bond donors (Lipinski definition) is 0. The van der Waals surface area contributed by atoms with Gasteiger partial charge in [0.05, 0.1) is 0 Å². The first-order valence-electron chi connectivity index (χ1n) is 17.5. The number of hydrogen-bond acceptors (Lipinski definition) is 0. The first-order chi connectivity index (χ1) is 22.7. The molecule has 0 aromatic heterocycles. The van der Waals surface area contributed by atoms with Crippen molar-refractivity contribution in [3.8, 4) is 22.3 Å². The molecule has 0 heterocycles. The minimum absolute atomic E-state index is 0.0785. The van der Waals surface area contributed by atoms with Crippen LogP contribution in [0.3, 0.4) is 0 Å². The van der Waals surface area contributed by atoms with Crippen molar-refractivity contribution in [3.05, 3.63) is 142 Å². The van der Waals surface area contributed by atoms with Crippen LogP contribution in [-0.4, -0.2) is 5.98 Å². The van der Waals surface area contributed by atoms with Crippen molar-refractivity contribution in [2.24, 2.45) is 5.92 Å². The summed E-state index contributed by atoms with van der Waals surface area (Å²) < 4.78 is 0.163. The van der Waals surface area contributed by atoms with Gasteiger partial charge in [-0.2, -0.15) is 0 Å². The summed E-state index contributed by atoms with van der Waals surface area (Å²) in [6.07, 6.45) is 4.91. The third-order valence-electron chi connectivity index (χ3n) is 11.4. The van der Waals surface area contributed by atoms with Gasteiger partial charge in [0, 0.05) is 0 Å². The molecule has 2 aliphatic carbocycles. The van der Waals surface area contributed by atoms with Gasteiger partial charge in [0.15, 0.2) is 0 Å². The summed E-state index contributed by atoms with van der Waals surface area (Å²) in [5.41, 5.74) is 14.6. The Kier molecular flexibility index (Phi) is 8.55. The Balaban J connectivity index is 1.42. The van der Waals surface area contributed by atoms with Gasteiger partial charge >= 0.3 is 299 Å². The zero-order chi connectivity index (χ0) is 34.2. The zero-order valence-electron chi connectivity index (χ0n) is 29.5. The van der Waals surface area contributed by atoms with Crippen LogP contribution in [0.25, 0.3) is 45.2 Å². The first kappa shape index (κ1) is 34.0. The first-order valence-corrected chi connectivity index (χ1v) is 39.7. The molecule has 5 aromatic carbocycles. The van der Waals surface area contributed by atoms with Crippen molar-refractivity contribution in [2.75, 3.05) is 0 Å². The predicted octanol–water partition coefficient (Wildman–Crippen LogP) is 13.7. The molecule has 0 saturated carbocycles. The monoisotopic (exact) mass is 853 g/mol. The van der Waals surface area contributed by atoms with Crippen LogP contribution in [0.4, 0.5) is 0 Å². The fourth-order valence-corrected chi connectivity index (χ4v) is 54.3. The number of fused-ring (bicyclic) bond motifs is 3. The second-order valence-electron chi connectivity index (χ2n) is 15.9. The Morgan fingerprint density at radius 2 is 1.21 bits per heavy atom. The van der Waals surface area contributed by atoms with Crippen LogP contribution in [-0.2, 0) is 20.7 Å². The molecule has 0 spiro atoms. The molecule has 2 unspecified atom stereocenters. The molecule has 0 aliphatic heterocycles. The van der Waals surface area contributed by atoms with Gasteiger partial charge in [0.2, 0.25) is 0 Å². The van der Waals surface area contributed by atoms with E-state index in [1.807, 2.05) is 0 Å². The normalized spacial score (nSPS) is 18.5. The summed E-state index contributed by atoms with van der Waals surface area (Å²) >= 11 is -5.00. The van der Waals surface area contributed by atoms with Crippen LogP contribution in [0, 0.1) is 5.92 Å². The summed E-state index contributed by atoms with van der Waals surface area (Å²) in [4.78, 5) is 0. The quantitative estimate of drug-likeness (QED) is 0.149. The Labute approximate surface area is 296 Å². The van der Waals surface area contributed by atoms with Gasteiger partial charge in [-0.1, -0.05) is 0 Å². The van der Waals surface area contributed by atoms with Gasteiger partial charge in [0.1, 0.15) is 0 Å². The molecule has 2 aliphatic rings. The second-order valence-corrected chi connectivity index (χ2v) is 75.2. The Bertz CT molecular complexity index is 2120. The van der Waals surface area contributed by atoms with Crippen molar-refractivity contribution in [2.45, 2.75) is 67.4 Å². The summed E-state index contributed by atoms with van der Waals surface area (Å²) in [6.45, 7) is 18.7. The molecule has 0 radical (unpaired) electrons. The van der Waals surface area contributed by atoms with Gasteiger partial charge in [0.25, 0.3) is 0 Å². The maximum absolute atomic E-state index is 8.66. The second kappa shape index (κ2) is 12.1. The third-order valence-corrected chi connectivity index (χ3v) is 84.4. The molecular formula is C44H47Cl2HfSi. The molecule has 245 valence electrons. The molecule has 0 N–H and O–H groups in total. The van der Waals surface area contributed by atoms with Crippen molar-refractivity contribution >= 4 is 46.1 Å². The van der Waals surface area contributed by atoms with Crippen LogP contribution in [0.15, 0.2) is 114 Å². The third kappa shape index (κ3) is 5.24. The van der Waals surface area contributed by atoms with E-state index in [2.05, 4.69) is 170 Å². The maximum atomic E-state index is 8.66. The van der Waals surface area contributed by atoms with Crippen LogP contribution in [0.1, 0.15) is 76.7 Å². The molecule has 4 heteroatoms. The van der Waals surface area contributed by atoms with Crippen molar-refractivity contribution < 1.29 is 15.3 Å². The molecule has 0 bridgehead atoms. The number of benzene rings is 5. The van der Waals surface area contributed by atoms with E-state index >= 15 is 0 Å². The summed E-state index contributed by atoms with van der Waals surface area (Å²) in [6, 6.07) is 38.3. The summed E-state index contributed by atoms with van der Waals surface area (Å²) in [5, 5.41) is 2.54. The van der Waals surface area contributed by atoms with Crippen molar-refractivity contribution in [1.82, 2.24) is 0 Å². The standard InChI is InChI=1S/C22H25.C20H15.C2H7Si.2ClH.Hf/c1-15(2)18-13-17-7-6-8-20(21(17)14-18)16-9-11-19(12-10-16)22(3,4)5;1-14-12-16-8-5-11-19(20(16)13-14)18-10-4-7-15-6-2-3-9-17(15)18;1-3-2;;;/h6-15H,1-5H3;2-13H,1H3;3H,1-2H3;2*1H;/q;;;;;+2/p-2. The Hall–Kier alpha value is -2.49. The van der Waals surface area contributed by atoms with Gasteiger partial charge in [-0.25, -0.2) is 0 Å². The Morgan fingerprint density at radius 1 is 0.646 bits per heavy atom. The number of halogens is 2. The molecule has 0 amide bonds. The topological polar surface area (TPSA) is 0 Å². The van der Waals surface area contributed by atoms with Crippen LogP contribution in [0.5, 0.6) is 0 Å². The average Bonchev–Trinajstić information content (AvgIpc) is 3.63. The SMILES string of the molecule is CC1=Cc2c(-c3cccc4ccccc34)cccc2[CH]1[Hf]([Cl])([Cl])([CH]1C(C(C)C)=Cc2c(-c3ccc(C(C)(C)C)cc3)cccc21)[SiH](C)C. The van der Waals surface area contributed by atoms with Gasteiger partial charge in [-0.05, 0) is 0 Å². The van der Waals surface area contributed by atoms with E-state index < -0.39 is 21.3 Å². The van der Waals surface area contributed by atoms with E-state index in [9.17, 15) is 0 Å². The molecule has 48 heavy (non-hydrogen) atoms. The fraction of sp³-hybridized carbons (Fsp3) is 0.273. The van der Waals surface area contributed by atoms with Gasteiger partial charge in [-0.3, -0.25) is 0 Å². The van der Waals surface area contributed by atoms with E-state index in [1.54, 1.807) is 0 Å². The molecule has 0 nitrogen and oxygen atoms in total. The predicted molar refractivity (Wildman–Crippen MR) is 212 cm³/mol. The molecular weight excluding hydrogens is 806 g/mol. The van der Waals surface area contributed by atoms with Crippen molar-refractivity contribution in [1.29, 1.82) is 0 Å². The molecule has 0 saturated heterocycles. The Morgan fingerprint density at radius 3 is 1.85 bits per heavy atom. The van der Waals surface area contributed by atoms with E-state index in [0.717, 1.165) is 0 Å². The van der Waals surface area contributed by atoms with E-state index in [0.29, 0.717) is 5.92 Å². The van der Waals surface area contributed by atoms with Gasteiger partial charge < -0.3 is 0 Å². The van der Waals surface area contributed by atoms with E-state index in [1.165, 1.54) is 72.0 Å². The average molecular weight is 853 g/mol.